The summed E-state index contributed by atoms with van der Waals surface area (Å²) in [5, 5.41) is 11.8. The lowest BCUT2D eigenvalue weighted by molar-refractivity contribution is -0.144. The molecule has 3 aromatic rings. The topological polar surface area (TPSA) is 122 Å². The first-order valence-corrected chi connectivity index (χ1v) is 9.33. The summed E-state index contributed by atoms with van der Waals surface area (Å²) in [6.07, 6.45) is -3.30. The van der Waals surface area contributed by atoms with Gasteiger partial charge in [0.15, 0.2) is 0 Å². The molecule has 0 radical (unpaired) electrons. The van der Waals surface area contributed by atoms with Crippen molar-refractivity contribution in [1.29, 1.82) is 0 Å². The van der Waals surface area contributed by atoms with Crippen LogP contribution in [-0.2, 0) is 17.5 Å². The minimum atomic E-state index is -4.68. The van der Waals surface area contributed by atoms with Crippen LogP contribution in [0.5, 0.6) is 0 Å². The number of anilines is 1. The Morgan fingerprint density at radius 3 is 2.58 bits per heavy atom. The molecule has 1 aliphatic rings. The van der Waals surface area contributed by atoms with Gasteiger partial charge in [-0.1, -0.05) is 12.1 Å². The van der Waals surface area contributed by atoms with Crippen LogP contribution in [0.4, 0.5) is 18.9 Å². The molecule has 2 aromatic heterocycles. The lowest BCUT2D eigenvalue weighted by atomic mass is 10.2. The van der Waals surface area contributed by atoms with E-state index in [2.05, 4.69) is 25.5 Å². The normalized spacial score (nSPS) is 14.3. The smallest absolute Gasteiger partial charge is 0.345 e. The summed E-state index contributed by atoms with van der Waals surface area (Å²) in [5.74, 6) is -2.24. The highest BCUT2D eigenvalue weighted by Crippen LogP contribution is 2.26. The van der Waals surface area contributed by atoms with Crippen LogP contribution < -0.4 is 10.2 Å². The summed E-state index contributed by atoms with van der Waals surface area (Å²) < 4.78 is 39.0. The molecule has 0 atom stereocenters. The van der Waals surface area contributed by atoms with E-state index in [1.54, 1.807) is 22.1 Å². The summed E-state index contributed by atoms with van der Waals surface area (Å²) in [6, 6.07) is 7.21. The van der Waals surface area contributed by atoms with Gasteiger partial charge in [0, 0.05) is 25.2 Å². The molecule has 1 fully saturated rings. The Morgan fingerprint density at radius 2 is 1.97 bits per heavy atom. The van der Waals surface area contributed by atoms with Crippen molar-refractivity contribution in [3.05, 3.63) is 47.3 Å². The molecule has 2 amide bonds. The highest BCUT2D eigenvalue weighted by Gasteiger charge is 2.35. The molecule has 31 heavy (non-hydrogen) atoms. The lowest BCUT2D eigenvalue weighted by Gasteiger charge is -2.15. The monoisotopic (exact) mass is 434 g/mol. The van der Waals surface area contributed by atoms with Crippen LogP contribution in [0.3, 0.4) is 0 Å². The molecule has 162 valence electrons. The molecule has 1 saturated heterocycles. The van der Waals surface area contributed by atoms with Crippen molar-refractivity contribution in [2.75, 3.05) is 11.4 Å². The van der Waals surface area contributed by atoms with Crippen LogP contribution in [0.15, 0.2) is 24.3 Å². The predicted octanol–water partition coefficient (Wildman–Crippen LogP) is 1.77. The van der Waals surface area contributed by atoms with Gasteiger partial charge in [0.2, 0.25) is 17.6 Å². The molecular formula is C18H17F3N8O2. The van der Waals surface area contributed by atoms with E-state index in [-0.39, 0.29) is 30.0 Å². The second-order valence-corrected chi connectivity index (χ2v) is 6.87. The highest BCUT2D eigenvalue weighted by atomic mass is 19.4. The van der Waals surface area contributed by atoms with Gasteiger partial charge in [-0.05, 0) is 31.0 Å². The van der Waals surface area contributed by atoms with E-state index < -0.39 is 17.9 Å². The van der Waals surface area contributed by atoms with E-state index in [0.29, 0.717) is 13.0 Å². The van der Waals surface area contributed by atoms with Crippen LogP contribution >= 0.6 is 0 Å². The van der Waals surface area contributed by atoms with E-state index in [1.807, 2.05) is 12.1 Å². The number of nitrogens with one attached hydrogen (secondary N) is 2. The lowest BCUT2D eigenvalue weighted by Crippen LogP contribution is -2.25. The summed E-state index contributed by atoms with van der Waals surface area (Å²) in [5.41, 5.74) is 1.60. The Hall–Kier alpha value is -3.77. The number of carbonyl (C=O) groups is 2. The van der Waals surface area contributed by atoms with E-state index in [1.165, 1.54) is 6.92 Å². The number of aryl methyl sites for hydroxylation is 1. The Labute approximate surface area is 173 Å². The van der Waals surface area contributed by atoms with Crippen LogP contribution in [0, 0.1) is 6.92 Å². The van der Waals surface area contributed by atoms with E-state index in [9.17, 15) is 22.8 Å². The number of aromatic nitrogens is 6. The predicted molar refractivity (Wildman–Crippen MR) is 100 cm³/mol. The molecule has 10 nitrogen and oxygen atoms in total. The second kappa shape index (κ2) is 7.81. The number of hydrogen-bond acceptors (Lipinski definition) is 6. The number of aromatic amines is 1. The maximum Gasteiger partial charge on any atom is 0.451 e. The van der Waals surface area contributed by atoms with E-state index in [4.69, 9.17) is 0 Å². The van der Waals surface area contributed by atoms with Gasteiger partial charge >= 0.3 is 6.18 Å². The Kier molecular flexibility index (Phi) is 5.17. The molecule has 0 saturated carbocycles. The largest absolute Gasteiger partial charge is 0.451 e. The molecule has 0 unspecified atom stereocenters. The van der Waals surface area contributed by atoms with Crippen molar-refractivity contribution < 1.29 is 22.8 Å². The minimum Gasteiger partial charge on any atom is -0.345 e. The molecular weight excluding hydrogens is 417 g/mol. The first-order valence-electron chi connectivity index (χ1n) is 9.33. The van der Waals surface area contributed by atoms with Crippen molar-refractivity contribution in [3.63, 3.8) is 0 Å². The van der Waals surface area contributed by atoms with E-state index >= 15 is 0 Å². The summed E-state index contributed by atoms with van der Waals surface area (Å²) in [4.78, 5) is 33.2. The fourth-order valence-electron chi connectivity index (χ4n) is 3.13. The molecule has 1 aromatic carbocycles. The average molecular weight is 434 g/mol. The Bertz CT molecular complexity index is 1120. The highest BCUT2D eigenvalue weighted by molar-refractivity contribution is 5.95. The molecule has 0 aliphatic carbocycles. The first kappa shape index (κ1) is 20.5. The molecule has 1 aliphatic heterocycles. The standard InChI is InChI=1S/C18H17F3N8O2/c1-10-23-14(27-29(10)17-24-16(25-26-17)18(19,20)21)15(31)22-9-11-4-6-12(7-5-11)28-8-2-3-13(28)30/h4-7H,2-3,8-9H2,1H3,(H,22,31)(H,24,25,26). The third-order valence-corrected chi connectivity index (χ3v) is 4.68. The molecule has 2 N–H and O–H groups in total. The zero-order valence-electron chi connectivity index (χ0n) is 16.3. The maximum atomic E-state index is 12.7. The molecule has 13 heteroatoms. The van der Waals surface area contributed by atoms with Gasteiger partial charge in [-0.3, -0.25) is 14.7 Å². The maximum absolute atomic E-state index is 12.7. The van der Waals surface area contributed by atoms with Gasteiger partial charge in [0.1, 0.15) is 5.82 Å². The molecule has 0 bridgehead atoms. The van der Waals surface area contributed by atoms with E-state index in [0.717, 1.165) is 22.4 Å². The zero-order chi connectivity index (χ0) is 22.2. The Morgan fingerprint density at radius 1 is 1.23 bits per heavy atom. The summed E-state index contributed by atoms with van der Waals surface area (Å²) >= 11 is 0. The van der Waals surface area contributed by atoms with Gasteiger partial charge in [-0.2, -0.15) is 22.8 Å². The van der Waals surface area contributed by atoms with Crippen molar-refractivity contribution in [1.82, 2.24) is 35.3 Å². The minimum absolute atomic E-state index is 0.0897. The zero-order valence-corrected chi connectivity index (χ0v) is 16.3. The number of carbonyl (C=O) groups excluding carboxylic acids is 2. The third kappa shape index (κ3) is 4.25. The number of nitrogens with zero attached hydrogens (tertiary/aromatic N) is 6. The second-order valence-electron chi connectivity index (χ2n) is 6.87. The number of amides is 2. The first-order chi connectivity index (χ1) is 14.7. The van der Waals surface area contributed by atoms with Crippen molar-refractivity contribution >= 4 is 17.5 Å². The number of hydrogen-bond donors (Lipinski definition) is 2. The fraction of sp³-hybridized carbons (Fsp3) is 0.333. The number of benzene rings is 1. The fourth-order valence-corrected chi connectivity index (χ4v) is 3.13. The van der Waals surface area contributed by atoms with Crippen LogP contribution in [0.25, 0.3) is 5.95 Å². The molecule has 4 rings (SSSR count). The van der Waals surface area contributed by atoms with Crippen molar-refractivity contribution in [3.8, 4) is 5.95 Å². The van der Waals surface area contributed by atoms with Crippen LogP contribution in [0.2, 0.25) is 0 Å². The van der Waals surface area contributed by atoms with Gasteiger partial charge < -0.3 is 10.2 Å². The van der Waals surface area contributed by atoms with Crippen molar-refractivity contribution in [2.45, 2.75) is 32.5 Å². The third-order valence-electron chi connectivity index (χ3n) is 4.68. The number of halogens is 3. The number of H-pyrrole nitrogens is 1. The van der Waals surface area contributed by atoms with Gasteiger partial charge in [-0.15, -0.1) is 10.2 Å². The average Bonchev–Trinajstić information content (AvgIpc) is 3.45. The van der Waals surface area contributed by atoms with Crippen LogP contribution in [0.1, 0.15) is 40.7 Å². The quantitative estimate of drug-likeness (QED) is 0.631. The SMILES string of the molecule is Cc1nc(C(=O)NCc2ccc(N3CCCC3=O)cc2)nn1-c1n[nH]c(C(F)(F)F)n1. The summed E-state index contributed by atoms with van der Waals surface area (Å²) in [7, 11) is 0. The van der Waals surface area contributed by atoms with Gasteiger partial charge in [-0.25, -0.2) is 4.98 Å². The van der Waals surface area contributed by atoms with Gasteiger partial charge in [0.05, 0.1) is 0 Å². The van der Waals surface area contributed by atoms with Gasteiger partial charge in [0.25, 0.3) is 11.9 Å². The van der Waals surface area contributed by atoms with Crippen molar-refractivity contribution in [2.24, 2.45) is 0 Å². The number of rotatable bonds is 5. The van der Waals surface area contributed by atoms with Crippen LogP contribution in [-0.4, -0.2) is 48.3 Å². The molecule has 3 heterocycles. The molecule has 0 spiro atoms. The number of alkyl halides is 3. The summed E-state index contributed by atoms with van der Waals surface area (Å²) in [6.45, 7) is 2.34. The Balaban J connectivity index is 1.41.